The number of nitrogens with one attached hydrogen (secondary N) is 1. The lowest BCUT2D eigenvalue weighted by Crippen LogP contribution is -2.23. The Labute approximate surface area is 163 Å². The fourth-order valence-corrected chi connectivity index (χ4v) is 3.20. The molecule has 0 bridgehead atoms. The molecule has 6 heteroatoms. The summed E-state index contributed by atoms with van der Waals surface area (Å²) in [7, 11) is 0. The zero-order valence-corrected chi connectivity index (χ0v) is 15.3. The van der Waals surface area contributed by atoms with Gasteiger partial charge in [0.15, 0.2) is 0 Å². The second-order valence-electron chi connectivity index (χ2n) is 6.52. The molecule has 4 rings (SSSR count). The number of amides is 2. The molecule has 1 aliphatic heterocycles. The van der Waals surface area contributed by atoms with E-state index < -0.39 is 0 Å². The molecule has 3 aromatic rings. The van der Waals surface area contributed by atoms with Crippen LogP contribution in [0.2, 0.25) is 0 Å². The SMILES string of the molecule is O=C(/C=C/c1ccc(N2CCCC2=O)cc1)Nc1nccn1-c1ccccc1. The molecule has 2 amide bonds. The van der Waals surface area contributed by atoms with E-state index in [0.717, 1.165) is 29.9 Å². The Morgan fingerprint density at radius 2 is 1.82 bits per heavy atom. The van der Waals surface area contributed by atoms with Gasteiger partial charge in [-0.05, 0) is 42.3 Å². The van der Waals surface area contributed by atoms with Crippen LogP contribution in [0, 0.1) is 0 Å². The lowest BCUT2D eigenvalue weighted by molar-refractivity contribution is -0.117. The normalized spacial score (nSPS) is 14.0. The second-order valence-corrected chi connectivity index (χ2v) is 6.52. The van der Waals surface area contributed by atoms with Crippen molar-refractivity contribution in [2.75, 3.05) is 16.8 Å². The summed E-state index contributed by atoms with van der Waals surface area (Å²) in [5.41, 5.74) is 2.71. The molecule has 1 aliphatic rings. The zero-order chi connectivity index (χ0) is 19.3. The van der Waals surface area contributed by atoms with Gasteiger partial charge in [0.2, 0.25) is 11.9 Å². The number of carbonyl (C=O) groups is 2. The lowest BCUT2D eigenvalue weighted by Gasteiger charge is -2.15. The van der Waals surface area contributed by atoms with Crippen molar-refractivity contribution in [2.24, 2.45) is 0 Å². The van der Waals surface area contributed by atoms with Gasteiger partial charge in [-0.25, -0.2) is 4.98 Å². The number of hydrogen-bond acceptors (Lipinski definition) is 3. The maximum atomic E-state index is 12.3. The molecule has 1 saturated heterocycles. The average Bonchev–Trinajstić information content (AvgIpc) is 3.36. The number of rotatable bonds is 5. The molecule has 0 atom stereocenters. The minimum absolute atomic E-state index is 0.164. The summed E-state index contributed by atoms with van der Waals surface area (Å²) in [4.78, 5) is 30.1. The van der Waals surface area contributed by atoms with Gasteiger partial charge in [0.25, 0.3) is 5.91 Å². The Hall–Kier alpha value is -3.67. The lowest BCUT2D eigenvalue weighted by atomic mass is 10.2. The Bertz CT molecular complexity index is 1010. The Kier molecular flexibility index (Phi) is 5.01. The Morgan fingerprint density at radius 1 is 1.04 bits per heavy atom. The predicted molar refractivity (Wildman–Crippen MR) is 109 cm³/mol. The van der Waals surface area contributed by atoms with Crippen molar-refractivity contribution in [3.05, 3.63) is 78.6 Å². The van der Waals surface area contributed by atoms with E-state index in [2.05, 4.69) is 10.3 Å². The van der Waals surface area contributed by atoms with E-state index in [9.17, 15) is 9.59 Å². The van der Waals surface area contributed by atoms with Crippen LogP contribution >= 0.6 is 0 Å². The van der Waals surface area contributed by atoms with Gasteiger partial charge in [0.05, 0.1) is 0 Å². The smallest absolute Gasteiger partial charge is 0.250 e. The van der Waals surface area contributed by atoms with E-state index in [0.29, 0.717) is 12.4 Å². The number of carbonyl (C=O) groups excluding carboxylic acids is 2. The number of anilines is 2. The third-order valence-electron chi connectivity index (χ3n) is 4.62. The van der Waals surface area contributed by atoms with E-state index >= 15 is 0 Å². The van der Waals surface area contributed by atoms with Crippen molar-refractivity contribution in [3.8, 4) is 5.69 Å². The van der Waals surface area contributed by atoms with Gasteiger partial charge < -0.3 is 4.90 Å². The number of nitrogens with zero attached hydrogens (tertiary/aromatic N) is 3. The van der Waals surface area contributed by atoms with Gasteiger partial charge in [-0.15, -0.1) is 0 Å². The summed E-state index contributed by atoms with van der Waals surface area (Å²) < 4.78 is 1.81. The highest BCUT2D eigenvalue weighted by Crippen LogP contribution is 2.22. The van der Waals surface area contributed by atoms with Crippen LogP contribution < -0.4 is 10.2 Å². The maximum Gasteiger partial charge on any atom is 0.250 e. The van der Waals surface area contributed by atoms with Gasteiger partial charge in [-0.2, -0.15) is 0 Å². The van der Waals surface area contributed by atoms with E-state index in [-0.39, 0.29) is 11.8 Å². The molecule has 28 heavy (non-hydrogen) atoms. The first kappa shape index (κ1) is 17.7. The fraction of sp³-hybridized carbons (Fsp3) is 0.136. The monoisotopic (exact) mass is 372 g/mol. The van der Waals surface area contributed by atoms with Crippen LogP contribution in [-0.2, 0) is 9.59 Å². The third kappa shape index (κ3) is 3.86. The van der Waals surface area contributed by atoms with Crippen LogP contribution in [0.3, 0.4) is 0 Å². The quantitative estimate of drug-likeness (QED) is 0.695. The summed E-state index contributed by atoms with van der Waals surface area (Å²) in [5.74, 6) is 0.363. The van der Waals surface area contributed by atoms with Crippen molar-refractivity contribution in [1.29, 1.82) is 0 Å². The molecular weight excluding hydrogens is 352 g/mol. The number of hydrogen-bond donors (Lipinski definition) is 1. The van der Waals surface area contributed by atoms with Crippen LogP contribution in [0.5, 0.6) is 0 Å². The molecule has 0 aliphatic carbocycles. The minimum atomic E-state index is -0.262. The van der Waals surface area contributed by atoms with Crippen LogP contribution in [0.25, 0.3) is 11.8 Å². The molecule has 1 fully saturated rings. The van der Waals surface area contributed by atoms with E-state index in [1.807, 2.05) is 59.2 Å². The average molecular weight is 372 g/mol. The molecule has 1 N–H and O–H groups in total. The van der Waals surface area contributed by atoms with Crippen molar-refractivity contribution in [1.82, 2.24) is 9.55 Å². The molecule has 6 nitrogen and oxygen atoms in total. The predicted octanol–water partition coefficient (Wildman–Crippen LogP) is 3.65. The summed E-state index contributed by atoms with van der Waals surface area (Å²) >= 11 is 0. The molecule has 0 spiro atoms. The number of para-hydroxylation sites is 1. The van der Waals surface area contributed by atoms with Crippen LogP contribution in [0.4, 0.5) is 11.6 Å². The van der Waals surface area contributed by atoms with E-state index in [4.69, 9.17) is 0 Å². The standard InChI is InChI=1S/C22H20N4O2/c27-20(24-22-23-14-16-26(22)18-5-2-1-3-6-18)13-10-17-8-11-19(12-9-17)25-15-4-7-21(25)28/h1-3,5-6,8-14,16H,4,7,15H2,(H,23,24,27)/b13-10+. The number of imidazole rings is 1. The molecule has 0 radical (unpaired) electrons. The largest absolute Gasteiger partial charge is 0.312 e. The third-order valence-corrected chi connectivity index (χ3v) is 4.62. The number of benzene rings is 2. The Morgan fingerprint density at radius 3 is 2.54 bits per heavy atom. The molecule has 1 aromatic heterocycles. The molecule has 0 saturated carbocycles. The highest BCUT2D eigenvalue weighted by Gasteiger charge is 2.21. The van der Waals surface area contributed by atoms with Crippen LogP contribution in [0.15, 0.2) is 73.1 Å². The topological polar surface area (TPSA) is 67.2 Å². The Balaban J connectivity index is 1.41. The maximum absolute atomic E-state index is 12.3. The van der Waals surface area contributed by atoms with Gasteiger partial charge in [0, 0.05) is 42.8 Å². The summed E-state index contributed by atoms with van der Waals surface area (Å²) in [6.45, 7) is 0.768. The highest BCUT2D eigenvalue weighted by atomic mass is 16.2. The summed E-state index contributed by atoms with van der Waals surface area (Å²) in [6, 6.07) is 17.3. The van der Waals surface area contributed by atoms with Crippen molar-refractivity contribution in [3.63, 3.8) is 0 Å². The summed E-state index contributed by atoms with van der Waals surface area (Å²) in [6.07, 6.45) is 8.17. The van der Waals surface area contributed by atoms with E-state index in [1.165, 1.54) is 6.08 Å². The van der Waals surface area contributed by atoms with Gasteiger partial charge >= 0.3 is 0 Å². The first-order valence-electron chi connectivity index (χ1n) is 9.19. The second kappa shape index (κ2) is 7.92. The first-order valence-corrected chi connectivity index (χ1v) is 9.19. The molecule has 0 unspecified atom stereocenters. The van der Waals surface area contributed by atoms with Gasteiger partial charge in [-0.1, -0.05) is 30.3 Å². The first-order chi connectivity index (χ1) is 13.7. The molecule has 2 aromatic carbocycles. The van der Waals surface area contributed by atoms with Gasteiger partial charge in [-0.3, -0.25) is 19.5 Å². The molecule has 140 valence electrons. The van der Waals surface area contributed by atoms with Crippen LogP contribution in [0.1, 0.15) is 18.4 Å². The van der Waals surface area contributed by atoms with Crippen molar-refractivity contribution >= 4 is 29.5 Å². The zero-order valence-electron chi connectivity index (χ0n) is 15.3. The fourth-order valence-electron chi connectivity index (χ4n) is 3.20. The van der Waals surface area contributed by atoms with Crippen molar-refractivity contribution < 1.29 is 9.59 Å². The van der Waals surface area contributed by atoms with Crippen LogP contribution in [-0.4, -0.2) is 27.9 Å². The minimum Gasteiger partial charge on any atom is -0.312 e. The van der Waals surface area contributed by atoms with Crippen molar-refractivity contribution in [2.45, 2.75) is 12.8 Å². The summed E-state index contributed by atoms with van der Waals surface area (Å²) in [5, 5.41) is 2.79. The molecular formula is C22H20N4O2. The van der Waals surface area contributed by atoms with E-state index in [1.54, 1.807) is 23.4 Å². The number of aromatic nitrogens is 2. The highest BCUT2D eigenvalue weighted by molar-refractivity contribution is 6.01. The van der Waals surface area contributed by atoms with Gasteiger partial charge in [0.1, 0.15) is 0 Å². The molecule has 2 heterocycles.